The van der Waals surface area contributed by atoms with Gasteiger partial charge in [0.15, 0.2) is 6.10 Å². The summed E-state index contributed by atoms with van der Waals surface area (Å²) in [5.74, 6) is -1.14. The maximum absolute atomic E-state index is 11.6. The lowest BCUT2D eigenvalue weighted by Gasteiger charge is -2.09. The highest BCUT2D eigenvalue weighted by molar-refractivity contribution is 9.10. The van der Waals surface area contributed by atoms with Crippen molar-refractivity contribution >= 4 is 27.8 Å². The van der Waals surface area contributed by atoms with Crippen molar-refractivity contribution in [3.63, 3.8) is 0 Å². The Hall–Kier alpha value is -1.40. The number of benzene rings is 1. The lowest BCUT2D eigenvalue weighted by molar-refractivity contribution is -0.149. The van der Waals surface area contributed by atoms with E-state index in [1.165, 1.54) is 7.11 Å². The molecule has 0 aliphatic heterocycles. The Kier molecular flexibility index (Phi) is 5.11. The van der Waals surface area contributed by atoms with Crippen LogP contribution >= 0.6 is 15.9 Å². The van der Waals surface area contributed by atoms with Crippen molar-refractivity contribution in [2.75, 3.05) is 13.7 Å². The predicted octanol–water partition coefficient (Wildman–Crippen LogP) is 0.713. The molecule has 1 atom stereocenters. The molecule has 0 saturated carbocycles. The molecule has 0 aliphatic carbocycles. The average Bonchev–Trinajstić information content (AvgIpc) is 2.34. The van der Waals surface area contributed by atoms with E-state index < -0.39 is 12.1 Å². The fourth-order valence-electron chi connectivity index (χ4n) is 1.14. The number of carbonyl (C=O) groups excluding carboxylic acids is 2. The molecule has 1 aromatic carbocycles. The van der Waals surface area contributed by atoms with Crippen LogP contribution in [0.2, 0.25) is 0 Å². The number of hydrogen-bond acceptors (Lipinski definition) is 4. The minimum Gasteiger partial charge on any atom is -0.467 e. The van der Waals surface area contributed by atoms with E-state index in [1.54, 1.807) is 24.3 Å². The van der Waals surface area contributed by atoms with E-state index >= 15 is 0 Å². The van der Waals surface area contributed by atoms with Crippen molar-refractivity contribution < 1.29 is 19.4 Å². The van der Waals surface area contributed by atoms with Crippen LogP contribution in [0.1, 0.15) is 10.4 Å². The summed E-state index contributed by atoms with van der Waals surface area (Å²) in [5, 5.41) is 11.7. The standard InChI is InChI=1S/C11H12BrNO4/c1-17-11(16)9(14)6-13-10(15)7-3-2-4-8(12)5-7/h2-5,9,14H,6H2,1H3,(H,13,15). The molecule has 2 N–H and O–H groups in total. The quantitative estimate of drug-likeness (QED) is 0.803. The van der Waals surface area contributed by atoms with Crippen molar-refractivity contribution in [1.82, 2.24) is 5.32 Å². The molecule has 6 heteroatoms. The van der Waals surface area contributed by atoms with Crippen LogP contribution in [-0.2, 0) is 9.53 Å². The molecular formula is C11H12BrNO4. The van der Waals surface area contributed by atoms with E-state index in [0.717, 1.165) is 4.47 Å². The van der Waals surface area contributed by atoms with Gasteiger partial charge in [-0.3, -0.25) is 4.79 Å². The summed E-state index contributed by atoms with van der Waals surface area (Å²) >= 11 is 3.24. The zero-order valence-electron chi connectivity index (χ0n) is 9.14. The summed E-state index contributed by atoms with van der Waals surface area (Å²) in [6, 6.07) is 6.78. The Bertz CT molecular complexity index is 422. The number of aliphatic hydroxyl groups is 1. The van der Waals surface area contributed by atoms with Crippen molar-refractivity contribution in [3.8, 4) is 0 Å². The van der Waals surface area contributed by atoms with E-state index in [0.29, 0.717) is 5.56 Å². The number of aliphatic hydroxyl groups excluding tert-OH is 1. The van der Waals surface area contributed by atoms with Crippen molar-refractivity contribution in [2.24, 2.45) is 0 Å². The number of amides is 1. The molecule has 1 amide bonds. The molecule has 0 aromatic heterocycles. The van der Waals surface area contributed by atoms with Crippen LogP contribution in [0.5, 0.6) is 0 Å². The summed E-state index contributed by atoms with van der Waals surface area (Å²) in [4.78, 5) is 22.5. The number of nitrogens with one attached hydrogen (secondary N) is 1. The van der Waals surface area contributed by atoms with Gasteiger partial charge in [-0.25, -0.2) is 4.79 Å². The first-order valence-electron chi connectivity index (χ1n) is 4.84. The molecular weight excluding hydrogens is 290 g/mol. The van der Waals surface area contributed by atoms with E-state index in [9.17, 15) is 14.7 Å². The van der Waals surface area contributed by atoms with E-state index in [2.05, 4.69) is 26.0 Å². The van der Waals surface area contributed by atoms with Crippen molar-refractivity contribution in [3.05, 3.63) is 34.3 Å². The SMILES string of the molecule is COC(=O)C(O)CNC(=O)c1cccc(Br)c1. The maximum Gasteiger partial charge on any atom is 0.336 e. The van der Waals surface area contributed by atoms with Gasteiger partial charge in [0.25, 0.3) is 5.91 Å². The average molecular weight is 302 g/mol. The summed E-state index contributed by atoms with van der Waals surface area (Å²) in [6.07, 6.45) is -1.35. The molecule has 5 nitrogen and oxygen atoms in total. The van der Waals surface area contributed by atoms with Gasteiger partial charge in [0.1, 0.15) is 0 Å². The van der Waals surface area contributed by atoms with Gasteiger partial charge in [-0.1, -0.05) is 22.0 Å². The van der Waals surface area contributed by atoms with E-state index in [-0.39, 0.29) is 12.5 Å². The van der Waals surface area contributed by atoms with Crippen LogP contribution in [0.3, 0.4) is 0 Å². The molecule has 1 aromatic rings. The van der Waals surface area contributed by atoms with Crippen LogP contribution in [0.4, 0.5) is 0 Å². The summed E-state index contributed by atoms with van der Waals surface area (Å²) in [7, 11) is 1.17. The summed E-state index contributed by atoms with van der Waals surface area (Å²) in [5.41, 5.74) is 0.441. The second-order valence-electron chi connectivity index (χ2n) is 3.26. The smallest absolute Gasteiger partial charge is 0.336 e. The first-order valence-corrected chi connectivity index (χ1v) is 5.63. The molecule has 0 spiro atoms. The van der Waals surface area contributed by atoms with Gasteiger partial charge in [0.05, 0.1) is 13.7 Å². The highest BCUT2D eigenvalue weighted by Crippen LogP contribution is 2.11. The number of rotatable bonds is 4. The van der Waals surface area contributed by atoms with Crippen LogP contribution < -0.4 is 5.32 Å². The molecule has 0 bridgehead atoms. The fraction of sp³-hybridized carbons (Fsp3) is 0.273. The highest BCUT2D eigenvalue weighted by Gasteiger charge is 2.16. The maximum atomic E-state index is 11.6. The first kappa shape index (κ1) is 13.7. The Morgan fingerprint density at radius 3 is 2.82 bits per heavy atom. The number of esters is 1. The van der Waals surface area contributed by atoms with Gasteiger partial charge in [0, 0.05) is 10.0 Å². The summed E-state index contributed by atoms with van der Waals surface area (Å²) in [6.45, 7) is -0.183. The third-order valence-corrected chi connectivity index (χ3v) is 2.51. The second kappa shape index (κ2) is 6.36. The van der Waals surface area contributed by atoms with Crippen LogP contribution in [0.25, 0.3) is 0 Å². The van der Waals surface area contributed by atoms with Gasteiger partial charge < -0.3 is 15.2 Å². The predicted molar refractivity (Wildman–Crippen MR) is 64.5 cm³/mol. The molecule has 0 fully saturated rings. The third-order valence-electron chi connectivity index (χ3n) is 2.02. The molecule has 0 saturated heterocycles. The minimum atomic E-state index is -1.35. The normalized spacial score (nSPS) is 11.7. The third kappa shape index (κ3) is 4.16. The largest absolute Gasteiger partial charge is 0.467 e. The van der Waals surface area contributed by atoms with Gasteiger partial charge in [0.2, 0.25) is 0 Å². The molecule has 92 valence electrons. The van der Waals surface area contributed by atoms with Crippen LogP contribution in [-0.4, -0.2) is 36.7 Å². The number of hydrogen-bond donors (Lipinski definition) is 2. The van der Waals surface area contributed by atoms with Gasteiger partial charge in [-0.2, -0.15) is 0 Å². The Labute approximate surface area is 107 Å². The summed E-state index contributed by atoms with van der Waals surface area (Å²) < 4.78 is 5.10. The van der Waals surface area contributed by atoms with Crippen molar-refractivity contribution in [2.45, 2.75) is 6.10 Å². The van der Waals surface area contributed by atoms with E-state index in [1.807, 2.05) is 0 Å². The Morgan fingerprint density at radius 1 is 1.53 bits per heavy atom. The van der Waals surface area contributed by atoms with Gasteiger partial charge in [-0.15, -0.1) is 0 Å². The number of methoxy groups -OCH3 is 1. The lowest BCUT2D eigenvalue weighted by atomic mass is 10.2. The first-order chi connectivity index (χ1) is 8.04. The van der Waals surface area contributed by atoms with Crippen molar-refractivity contribution in [1.29, 1.82) is 0 Å². The topological polar surface area (TPSA) is 75.6 Å². The van der Waals surface area contributed by atoms with Crippen LogP contribution in [0, 0.1) is 0 Å². The fourth-order valence-corrected chi connectivity index (χ4v) is 1.54. The minimum absolute atomic E-state index is 0.183. The Balaban J connectivity index is 2.53. The number of ether oxygens (including phenoxy) is 1. The highest BCUT2D eigenvalue weighted by atomic mass is 79.9. The second-order valence-corrected chi connectivity index (χ2v) is 4.18. The monoisotopic (exact) mass is 301 g/mol. The molecule has 1 rings (SSSR count). The van der Waals surface area contributed by atoms with Gasteiger partial charge >= 0.3 is 5.97 Å². The molecule has 0 aliphatic rings. The molecule has 17 heavy (non-hydrogen) atoms. The van der Waals surface area contributed by atoms with Crippen LogP contribution in [0.15, 0.2) is 28.7 Å². The number of carbonyl (C=O) groups is 2. The van der Waals surface area contributed by atoms with E-state index in [4.69, 9.17) is 0 Å². The Morgan fingerprint density at radius 2 is 2.24 bits per heavy atom. The zero-order valence-corrected chi connectivity index (χ0v) is 10.7. The van der Waals surface area contributed by atoms with Gasteiger partial charge in [-0.05, 0) is 18.2 Å². The molecule has 1 unspecified atom stereocenters. The molecule has 0 radical (unpaired) electrons. The number of halogens is 1. The molecule has 0 heterocycles. The lowest BCUT2D eigenvalue weighted by Crippen LogP contribution is -2.37. The zero-order chi connectivity index (χ0) is 12.8.